The number of ether oxygens (including phenoxy) is 1. The molecule has 1 saturated heterocycles. The smallest absolute Gasteiger partial charge is 0.255 e. The maximum absolute atomic E-state index is 8.92. The van der Waals surface area contributed by atoms with E-state index in [4.69, 9.17) is 9.84 Å². The minimum Gasteiger partial charge on any atom is -0.385 e. The van der Waals surface area contributed by atoms with Crippen molar-refractivity contribution in [2.45, 2.75) is 76.8 Å². The van der Waals surface area contributed by atoms with Crippen LogP contribution in [0.4, 0.5) is 0 Å². The Hall–Kier alpha value is 0.447. The van der Waals surface area contributed by atoms with Crippen LogP contribution in [0.2, 0.25) is 6.04 Å². The number of thiol groups is 1. The van der Waals surface area contributed by atoms with Crippen LogP contribution in [0.3, 0.4) is 0 Å². The van der Waals surface area contributed by atoms with Crippen LogP contribution in [0.25, 0.3) is 0 Å². The highest BCUT2D eigenvalue weighted by molar-refractivity contribution is 7.80. The Morgan fingerprint density at radius 1 is 1.18 bits per heavy atom. The summed E-state index contributed by atoms with van der Waals surface area (Å²) in [5.41, 5.74) is 0. The number of quaternary nitrogens is 1. The van der Waals surface area contributed by atoms with Crippen molar-refractivity contribution in [2.24, 2.45) is 0 Å². The summed E-state index contributed by atoms with van der Waals surface area (Å²) in [4.78, 5) is 0. The standard InChI is InChI=1S/C17H37NO2SSi/c1-2-3-9-17(10-13-20-16-19)18(12-8-14-21)11-6-4-5-7-15-22-18/h17,19H,2-16,22H2,1H3/p+1. The minimum atomic E-state index is -0.130. The second-order valence-corrected chi connectivity index (χ2v) is 9.72. The highest BCUT2D eigenvalue weighted by atomic mass is 32.1. The quantitative estimate of drug-likeness (QED) is 0.260. The maximum Gasteiger partial charge on any atom is 0.255 e. The lowest BCUT2D eigenvalue weighted by Gasteiger charge is -2.48. The molecule has 3 nitrogen and oxygen atoms in total. The molecule has 0 aromatic carbocycles. The Morgan fingerprint density at radius 2 is 2.00 bits per heavy atom. The van der Waals surface area contributed by atoms with Crippen molar-refractivity contribution in [3.63, 3.8) is 0 Å². The third-order valence-corrected chi connectivity index (χ3v) is 8.49. The van der Waals surface area contributed by atoms with Crippen LogP contribution in [0.5, 0.6) is 0 Å². The Balaban J connectivity index is 2.78. The molecule has 1 aliphatic heterocycles. The number of aliphatic hydroxyl groups is 1. The zero-order valence-electron chi connectivity index (χ0n) is 14.6. The molecule has 1 aliphatic rings. The fraction of sp³-hybridized carbons (Fsp3) is 1.00. The van der Waals surface area contributed by atoms with Crippen molar-refractivity contribution in [1.29, 1.82) is 0 Å². The normalized spacial score (nSPS) is 25.8. The predicted octanol–water partition coefficient (Wildman–Crippen LogP) is 3.11. The van der Waals surface area contributed by atoms with E-state index < -0.39 is 0 Å². The summed E-state index contributed by atoms with van der Waals surface area (Å²) in [5, 5.41) is 8.92. The molecular formula is C17H38NO2SSi+. The molecule has 0 bridgehead atoms. The Labute approximate surface area is 145 Å². The molecule has 2 unspecified atom stereocenters. The van der Waals surface area contributed by atoms with Gasteiger partial charge in [0.1, 0.15) is 6.79 Å². The molecule has 0 saturated carbocycles. The lowest BCUT2D eigenvalue weighted by atomic mass is 10.0. The summed E-state index contributed by atoms with van der Waals surface area (Å²) in [6, 6.07) is 2.27. The lowest BCUT2D eigenvalue weighted by Crippen LogP contribution is -2.59. The van der Waals surface area contributed by atoms with Gasteiger partial charge in [-0.25, -0.2) is 0 Å². The van der Waals surface area contributed by atoms with E-state index in [2.05, 4.69) is 19.6 Å². The number of unbranched alkanes of at least 4 members (excludes halogenated alkanes) is 1. The van der Waals surface area contributed by atoms with Gasteiger partial charge in [0, 0.05) is 12.8 Å². The first-order valence-corrected chi connectivity index (χ1v) is 11.7. The molecule has 0 amide bonds. The van der Waals surface area contributed by atoms with Gasteiger partial charge in [-0.3, -0.25) is 0 Å². The van der Waals surface area contributed by atoms with Crippen molar-refractivity contribution in [3.05, 3.63) is 0 Å². The molecule has 132 valence electrons. The molecule has 2 atom stereocenters. The van der Waals surface area contributed by atoms with Gasteiger partial charge in [-0.1, -0.05) is 26.2 Å². The second kappa shape index (κ2) is 12.8. The van der Waals surface area contributed by atoms with Crippen molar-refractivity contribution in [2.75, 3.05) is 32.2 Å². The SMILES string of the molecule is CCCCC(CCOCO)[N+]1(CCCS)CCCCCC[SiH2]1. The van der Waals surface area contributed by atoms with E-state index in [0.717, 1.165) is 24.8 Å². The number of rotatable bonds is 11. The molecular weight excluding hydrogens is 310 g/mol. The highest BCUT2D eigenvalue weighted by Crippen LogP contribution is 2.27. The molecule has 5 heteroatoms. The fourth-order valence-electron chi connectivity index (χ4n) is 4.07. The van der Waals surface area contributed by atoms with Crippen LogP contribution in [0.1, 0.15) is 64.7 Å². The van der Waals surface area contributed by atoms with E-state index in [0.29, 0.717) is 0 Å². The van der Waals surface area contributed by atoms with Crippen molar-refractivity contribution in [3.8, 4) is 0 Å². The predicted molar refractivity (Wildman–Crippen MR) is 101 cm³/mol. The van der Waals surface area contributed by atoms with Gasteiger partial charge in [0.05, 0.1) is 25.7 Å². The molecule has 1 heterocycles. The molecule has 22 heavy (non-hydrogen) atoms. The van der Waals surface area contributed by atoms with Gasteiger partial charge in [-0.05, 0) is 37.5 Å². The first kappa shape index (κ1) is 20.5. The van der Waals surface area contributed by atoms with E-state index in [1.54, 1.807) is 0 Å². The van der Waals surface area contributed by atoms with E-state index in [1.165, 1.54) is 74.6 Å². The van der Waals surface area contributed by atoms with Crippen molar-refractivity contribution < 1.29 is 14.0 Å². The molecule has 1 rings (SSSR count). The van der Waals surface area contributed by atoms with Crippen molar-refractivity contribution >= 4 is 22.3 Å². The van der Waals surface area contributed by atoms with Crippen LogP contribution in [0.15, 0.2) is 0 Å². The van der Waals surface area contributed by atoms with E-state index in [1.807, 2.05) is 0 Å². The summed E-state index contributed by atoms with van der Waals surface area (Å²) < 4.78 is 6.71. The average molecular weight is 349 g/mol. The van der Waals surface area contributed by atoms with Gasteiger partial charge in [-0.2, -0.15) is 12.6 Å². The van der Waals surface area contributed by atoms with Gasteiger partial charge >= 0.3 is 0 Å². The molecule has 0 aliphatic carbocycles. The van der Waals surface area contributed by atoms with Crippen LogP contribution in [-0.4, -0.2) is 57.2 Å². The second-order valence-electron chi connectivity index (χ2n) is 6.86. The van der Waals surface area contributed by atoms with Crippen LogP contribution in [-0.2, 0) is 4.74 Å². The number of hydrogen-bond acceptors (Lipinski definition) is 3. The van der Waals surface area contributed by atoms with Crippen molar-refractivity contribution in [1.82, 2.24) is 0 Å². The topological polar surface area (TPSA) is 29.5 Å². The average Bonchev–Trinajstić information content (AvgIpc) is 2.51. The lowest BCUT2D eigenvalue weighted by molar-refractivity contribution is -0.851. The zero-order valence-corrected chi connectivity index (χ0v) is 16.9. The Morgan fingerprint density at radius 3 is 2.73 bits per heavy atom. The molecule has 0 radical (unpaired) electrons. The molecule has 0 aromatic rings. The van der Waals surface area contributed by atoms with Gasteiger partial charge in [-0.15, -0.1) is 0 Å². The summed E-state index contributed by atoms with van der Waals surface area (Å²) in [7, 11) is -0.0858. The third kappa shape index (κ3) is 7.34. The number of aliphatic hydroxyl groups excluding tert-OH is 1. The van der Waals surface area contributed by atoms with Gasteiger partial charge in [0.2, 0.25) is 0 Å². The fourth-order valence-corrected chi connectivity index (χ4v) is 7.04. The number of nitrogens with zero attached hydrogens (tertiary/aromatic N) is 1. The van der Waals surface area contributed by atoms with Crippen LogP contribution < -0.4 is 0 Å². The highest BCUT2D eigenvalue weighted by Gasteiger charge is 2.35. The van der Waals surface area contributed by atoms with Gasteiger partial charge in [0.15, 0.2) is 0 Å². The first-order chi connectivity index (χ1) is 10.8. The summed E-state index contributed by atoms with van der Waals surface area (Å²) in [6.07, 6.45) is 12.1. The minimum absolute atomic E-state index is 0.0858. The molecule has 1 fully saturated rings. The van der Waals surface area contributed by atoms with Crippen LogP contribution >= 0.6 is 12.6 Å². The molecule has 0 aromatic heterocycles. The largest absolute Gasteiger partial charge is 0.385 e. The Bertz CT molecular complexity index is 256. The third-order valence-electron chi connectivity index (χ3n) is 5.32. The van der Waals surface area contributed by atoms with E-state index >= 15 is 0 Å². The molecule has 0 spiro atoms. The van der Waals surface area contributed by atoms with E-state index in [9.17, 15) is 0 Å². The summed E-state index contributed by atoms with van der Waals surface area (Å²) in [6.45, 7) is 5.62. The maximum atomic E-state index is 8.92. The van der Waals surface area contributed by atoms with E-state index in [-0.39, 0.29) is 16.5 Å². The zero-order chi connectivity index (χ0) is 16.1. The van der Waals surface area contributed by atoms with Gasteiger partial charge < -0.3 is 14.0 Å². The first-order valence-electron chi connectivity index (χ1n) is 9.44. The monoisotopic (exact) mass is 348 g/mol. The summed E-state index contributed by atoms with van der Waals surface area (Å²) in [5.74, 6) is 1.02. The Kier molecular flexibility index (Phi) is 11.9. The molecule has 1 N–H and O–H groups in total. The van der Waals surface area contributed by atoms with Crippen LogP contribution in [0, 0.1) is 0 Å². The summed E-state index contributed by atoms with van der Waals surface area (Å²) >= 11 is 4.48. The number of hydrogen-bond donors (Lipinski definition) is 2. The van der Waals surface area contributed by atoms with Gasteiger partial charge in [0.25, 0.3) is 9.68 Å².